The van der Waals surface area contributed by atoms with Crippen LogP contribution in [0.25, 0.3) is 17.0 Å². The number of carbonyl (C=O) groups is 2. The van der Waals surface area contributed by atoms with Crippen LogP contribution in [0, 0.1) is 0 Å². The number of aromatic nitrogens is 2. The number of fused-ring (bicyclic) bond motifs is 2. The molecule has 12 heteroatoms. The Hall–Kier alpha value is -4.16. The van der Waals surface area contributed by atoms with Gasteiger partial charge in [0.25, 0.3) is 5.56 Å². The number of esters is 2. The Bertz CT molecular complexity index is 1970. The number of methoxy groups -OCH3 is 1. The lowest BCUT2D eigenvalue weighted by Crippen LogP contribution is -2.40. The molecule has 44 heavy (non-hydrogen) atoms. The molecular formula is C32H32BrN3O7S. The molecule has 1 aliphatic rings. The number of rotatable bonds is 10. The summed E-state index contributed by atoms with van der Waals surface area (Å²) in [6, 6.07) is 10.3. The summed E-state index contributed by atoms with van der Waals surface area (Å²) in [6.07, 6.45) is 3.63. The molecule has 0 amide bonds. The molecule has 0 N–H and O–H groups in total. The maximum absolute atomic E-state index is 14.2. The number of carbonyl (C=O) groups excluding carboxylic acids is 2. The zero-order chi connectivity index (χ0) is 31.5. The van der Waals surface area contributed by atoms with E-state index in [4.69, 9.17) is 18.9 Å². The lowest BCUT2D eigenvalue weighted by Gasteiger charge is -2.26. The number of allylic oxidation sites excluding steroid dienone is 1. The number of ether oxygens (including phenoxy) is 4. The van der Waals surface area contributed by atoms with E-state index in [2.05, 4.69) is 20.9 Å². The molecule has 4 aromatic rings. The maximum atomic E-state index is 14.2. The van der Waals surface area contributed by atoms with Crippen molar-refractivity contribution in [3.8, 4) is 11.5 Å². The summed E-state index contributed by atoms with van der Waals surface area (Å²) >= 11 is 4.87. The first kappa shape index (κ1) is 31.3. The van der Waals surface area contributed by atoms with Gasteiger partial charge in [0, 0.05) is 27.1 Å². The van der Waals surface area contributed by atoms with Crippen molar-refractivity contribution in [3.63, 3.8) is 0 Å². The number of benzene rings is 2. The largest absolute Gasteiger partial charge is 0.493 e. The number of nitrogens with zero attached hydrogens (tertiary/aromatic N) is 3. The van der Waals surface area contributed by atoms with Gasteiger partial charge in [0.1, 0.15) is 6.54 Å². The van der Waals surface area contributed by atoms with E-state index in [1.165, 1.54) is 23.0 Å². The van der Waals surface area contributed by atoms with Crippen molar-refractivity contribution in [1.29, 1.82) is 0 Å². The number of hydrogen-bond donors (Lipinski definition) is 0. The molecule has 1 atom stereocenters. The van der Waals surface area contributed by atoms with E-state index in [1.54, 1.807) is 39.0 Å². The monoisotopic (exact) mass is 681 g/mol. The van der Waals surface area contributed by atoms with E-state index in [0.29, 0.717) is 43.2 Å². The van der Waals surface area contributed by atoms with Crippen molar-refractivity contribution >= 4 is 56.2 Å². The van der Waals surface area contributed by atoms with E-state index >= 15 is 0 Å². The smallest absolute Gasteiger partial charge is 0.338 e. The van der Waals surface area contributed by atoms with Gasteiger partial charge >= 0.3 is 11.9 Å². The van der Waals surface area contributed by atoms with Gasteiger partial charge < -0.3 is 23.5 Å². The lowest BCUT2D eigenvalue weighted by atomic mass is 9.95. The van der Waals surface area contributed by atoms with Crippen molar-refractivity contribution in [2.45, 2.75) is 40.3 Å². The lowest BCUT2D eigenvalue weighted by molar-refractivity contribution is -0.143. The first-order chi connectivity index (χ1) is 21.2. The molecule has 3 heterocycles. The molecule has 0 fully saturated rings. The summed E-state index contributed by atoms with van der Waals surface area (Å²) in [7, 11) is 1.53. The molecule has 1 aliphatic heterocycles. The first-order valence-corrected chi connectivity index (χ1v) is 15.8. The molecule has 0 radical (unpaired) electrons. The predicted octanol–water partition coefficient (Wildman–Crippen LogP) is 4.49. The summed E-state index contributed by atoms with van der Waals surface area (Å²) in [5.41, 5.74) is 2.59. The number of halogens is 1. The standard InChI is InChI=1S/C32H32BrN3O7S/c1-6-41-25-15-22(33)21(14-24(25)40-5)29-28(31(39)43-8-3)18(4)34-32-36(29)30(38)26(44-32)13-19-16-35(17-27(37)42-7-2)23-12-10-9-11-20(19)23/h9-16,29H,6-8,17H2,1-5H3/b26-13+/t29-/m1/s1. The zero-order valence-corrected chi connectivity index (χ0v) is 27.4. The minimum atomic E-state index is -0.850. The van der Waals surface area contributed by atoms with Crippen LogP contribution in [0.5, 0.6) is 11.5 Å². The average Bonchev–Trinajstić information content (AvgIpc) is 3.49. The van der Waals surface area contributed by atoms with Gasteiger partial charge in [0.05, 0.1) is 48.8 Å². The third-order valence-electron chi connectivity index (χ3n) is 7.11. The highest BCUT2D eigenvalue weighted by molar-refractivity contribution is 9.10. The molecule has 0 aliphatic carbocycles. The van der Waals surface area contributed by atoms with Crippen LogP contribution in [-0.4, -0.2) is 48.0 Å². The van der Waals surface area contributed by atoms with Gasteiger partial charge in [0.15, 0.2) is 16.3 Å². The summed E-state index contributed by atoms with van der Waals surface area (Å²) in [5.74, 6) is 0.0717. The highest BCUT2D eigenvalue weighted by atomic mass is 79.9. The van der Waals surface area contributed by atoms with E-state index < -0.39 is 12.0 Å². The molecule has 230 valence electrons. The molecule has 0 unspecified atom stereocenters. The van der Waals surface area contributed by atoms with Crippen LogP contribution in [0.3, 0.4) is 0 Å². The fraction of sp³-hybridized carbons (Fsp3) is 0.312. The van der Waals surface area contributed by atoms with Gasteiger partial charge in [-0.25, -0.2) is 9.79 Å². The fourth-order valence-electron chi connectivity index (χ4n) is 5.28. The van der Waals surface area contributed by atoms with E-state index in [-0.39, 0.29) is 36.9 Å². The predicted molar refractivity (Wildman–Crippen MR) is 171 cm³/mol. The van der Waals surface area contributed by atoms with Gasteiger partial charge in [-0.05, 0) is 57.5 Å². The van der Waals surface area contributed by atoms with Crippen molar-refractivity contribution in [2.24, 2.45) is 4.99 Å². The molecule has 10 nitrogen and oxygen atoms in total. The molecule has 0 bridgehead atoms. The second-order valence-corrected chi connectivity index (χ2v) is 11.7. The van der Waals surface area contributed by atoms with Gasteiger partial charge in [-0.3, -0.25) is 14.2 Å². The minimum absolute atomic E-state index is 0.0408. The Morgan fingerprint density at radius 3 is 2.52 bits per heavy atom. The van der Waals surface area contributed by atoms with Gasteiger partial charge in [-0.2, -0.15) is 0 Å². The summed E-state index contributed by atoms with van der Waals surface area (Å²) in [4.78, 5) is 45.0. The zero-order valence-electron chi connectivity index (χ0n) is 25.0. The second-order valence-electron chi connectivity index (χ2n) is 9.79. The normalized spacial score (nSPS) is 14.8. The Morgan fingerprint density at radius 1 is 1.07 bits per heavy atom. The van der Waals surface area contributed by atoms with Crippen LogP contribution in [0.1, 0.15) is 44.9 Å². The van der Waals surface area contributed by atoms with Crippen LogP contribution in [0.15, 0.2) is 68.1 Å². The Labute approximate surface area is 266 Å². The Balaban J connectivity index is 1.73. The number of hydrogen-bond acceptors (Lipinski definition) is 9. The van der Waals surface area contributed by atoms with Crippen LogP contribution >= 0.6 is 27.3 Å². The molecule has 0 saturated heterocycles. The number of thiazole rings is 1. The Kier molecular flexibility index (Phi) is 9.40. The maximum Gasteiger partial charge on any atom is 0.338 e. The Morgan fingerprint density at radius 2 is 1.82 bits per heavy atom. The first-order valence-electron chi connectivity index (χ1n) is 14.2. The van der Waals surface area contributed by atoms with Crippen LogP contribution in [-0.2, 0) is 25.6 Å². The highest BCUT2D eigenvalue weighted by Gasteiger charge is 2.35. The molecule has 2 aromatic carbocycles. The SMILES string of the molecule is CCOC(=O)Cn1cc(/C=c2/sc3n(c2=O)[C@H](c2cc(OC)c(OCC)cc2Br)C(C(=O)OCC)=C(C)N=3)c2ccccc21. The minimum Gasteiger partial charge on any atom is -0.493 e. The van der Waals surface area contributed by atoms with Gasteiger partial charge in [0.2, 0.25) is 0 Å². The van der Waals surface area contributed by atoms with E-state index in [9.17, 15) is 14.4 Å². The molecule has 5 rings (SSSR count). The van der Waals surface area contributed by atoms with Gasteiger partial charge in [-0.15, -0.1) is 0 Å². The van der Waals surface area contributed by atoms with E-state index in [0.717, 1.165) is 16.5 Å². The summed E-state index contributed by atoms with van der Waals surface area (Å²) in [6.45, 7) is 8.03. The molecular weight excluding hydrogens is 650 g/mol. The summed E-state index contributed by atoms with van der Waals surface area (Å²) < 4.78 is 26.3. The third-order valence-corrected chi connectivity index (χ3v) is 8.77. The fourth-order valence-corrected chi connectivity index (χ4v) is 6.86. The molecule has 0 spiro atoms. The third kappa shape index (κ3) is 5.83. The average molecular weight is 683 g/mol. The van der Waals surface area contributed by atoms with Crippen LogP contribution in [0.2, 0.25) is 0 Å². The van der Waals surface area contributed by atoms with Crippen molar-refractivity contribution in [2.75, 3.05) is 26.9 Å². The van der Waals surface area contributed by atoms with Crippen molar-refractivity contribution in [3.05, 3.63) is 89.2 Å². The van der Waals surface area contributed by atoms with E-state index in [1.807, 2.05) is 42.0 Å². The van der Waals surface area contributed by atoms with Crippen molar-refractivity contribution < 1.29 is 28.5 Å². The quantitative estimate of drug-likeness (QED) is 0.227. The van der Waals surface area contributed by atoms with Crippen LogP contribution in [0.4, 0.5) is 0 Å². The molecule has 2 aromatic heterocycles. The van der Waals surface area contributed by atoms with Crippen LogP contribution < -0.4 is 24.4 Å². The highest BCUT2D eigenvalue weighted by Crippen LogP contribution is 2.41. The second kappa shape index (κ2) is 13.2. The molecule has 0 saturated carbocycles. The number of para-hydroxylation sites is 1. The topological polar surface area (TPSA) is 110 Å². The van der Waals surface area contributed by atoms with Crippen molar-refractivity contribution in [1.82, 2.24) is 9.13 Å². The summed E-state index contributed by atoms with van der Waals surface area (Å²) in [5, 5.41) is 0.876. The van der Waals surface area contributed by atoms with Gasteiger partial charge in [-0.1, -0.05) is 45.5 Å².